The van der Waals surface area contributed by atoms with Crippen molar-refractivity contribution in [3.8, 4) is 0 Å². The summed E-state index contributed by atoms with van der Waals surface area (Å²) in [5, 5.41) is 3.31. The van der Waals surface area contributed by atoms with Crippen LogP contribution in [0.5, 0.6) is 0 Å². The molecular weight excluding hydrogens is 262 g/mol. The largest absolute Gasteiger partial charge is 0.461 e. The molecule has 0 spiro atoms. The molecule has 0 aromatic carbocycles. The smallest absolute Gasteiger partial charge is 0.357 e. The number of rotatable bonds is 3. The normalized spacial score (nSPS) is 20.7. The molecule has 1 saturated heterocycles. The summed E-state index contributed by atoms with van der Waals surface area (Å²) < 4.78 is 4.92. The molecule has 0 aliphatic carbocycles. The Morgan fingerprint density at radius 1 is 1.62 bits per heavy atom. The van der Waals surface area contributed by atoms with Crippen molar-refractivity contribution in [3.63, 3.8) is 0 Å². The highest BCUT2D eigenvalue weighted by atomic mass is 32.2. The predicted molar refractivity (Wildman–Crippen MR) is 70.6 cm³/mol. The van der Waals surface area contributed by atoms with Gasteiger partial charge in [0.25, 0.3) is 0 Å². The number of thiazole rings is 1. The number of nitrogens with zero attached hydrogens (tertiary/aromatic N) is 1. The molecule has 6 heteroatoms. The fraction of sp³-hybridized carbons (Fsp3) is 0.600. The molecule has 1 aromatic rings. The molecule has 1 unspecified atom stereocenters. The lowest BCUT2D eigenvalue weighted by atomic mass is 10.4. The van der Waals surface area contributed by atoms with E-state index in [-0.39, 0.29) is 5.97 Å². The quantitative estimate of drug-likeness (QED) is 0.793. The molecule has 16 heavy (non-hydrogen) atoms. The average molecular weight is 275 g/mol. The van der Waals surface area contributed by atoms with Crippen LogP contribution in [0.25, 0.3) is 0 Å². The second-order valence-corrected chi connectivity index (χ2v) is 6.58. The van der Waals surface area contributed by atoms with Crippen LogP contribution in [0, 0.1) is 0 Å². The first kappa shape index (κ1) is 12.3. The van der Waals surface area contributed by atoms with E-state index in [1.807, 2.05) is 23.5 Å². The molecule has 3 nitrogen and oxygen atoms in total. The molecule has 1 aromatic heterocycles. The van der Waals surface area contributed by atoms with Gasteiger partial charge < -0.3 is 4.74 Å². The number of hydrogen-bond acceptors (Lipinski definition) is 6. The molecule has 1 aliphatic heterocycles. The topological polar surface area (TPSA) is 39.2 Å². The number of hydrogen-bond donors (Lipinski definition) is 0. The fourth-order valence-electron chi connectivity index (χ4n) is 1.36. The predicted octanol–water partition coefficient (Wildman–Crippen LogP) is 2.84. The number of thioether (sulfide) groups is 2. The highest BCUT2D eigenvalue weighted by Crippen LogP contribution is 2.37. The van der Waals surface area contributed by atoms with Crippen molar-refractivity contribution in [2.24, 2.45) is 0 Å². The van der Waals surface area contributed by atoms with Crippen molar-refractivity contribution in [1.82, 2.24) is 4.98 Å². The van der Waals surface area contributed by atoms with Crippen molar-refractivity contribution in [2.75, 3.05) is 23.9 Å². The zero-order chi connectivity index (χ0) is 11.4. The van der Waals surface area contributed by atoms with E-state index in [0.29, 0.717) is 17.6 Å². The Labute approximate surface area is 107 Å². The minimum absolute atomic E-state index is 0.307. The van der Waals surface area contributed by atoms with Crippen LogP contribution in [0.3, 0.4) is 0 Å². The van der Waals surface area contributed by atoms with E-state index in [0.717, 1.165) is 10.8 Å². The summed E-state index contributed by atoms with van der Waals surface area (Å²) in [6, 6.07) is 0. The average Bonchev–Trinajstić information content (AvgIpc) is 2.80. The van der Waals surface area contributed by atoms with Gasteiger partial charge in [-0.3, -0.25) is 0 Å². The molecule has 2 rings (SSSR count). The number of esters is 1. The lowest BCUT2D eigenvalue weighted by Gasteiger charge is -2.18. The summed E-state index contributed by atoms with van der Waals surface area (Å²) in [4.78, 5) is 15.8. The maximum Gasteiger partial charge on any atom is 0.357 e. The van der Waals surface area contributed by atoms with E-state index in [1.54, 1.807) is 23.6 Å². The third-order valence-electron chi connectivity index (χ3n) is 2.10. The van der Waals surface area contributed by atoms with Gasteiger partial charge in [0.05, 0.1) is 11.9 Å². The Kier molecular flexibility index (Phi) is 4.55. The summed E-state index contributed by atoms with van der Waals surface area (Å²) >= 11 is 5.45. The molecule has 1 aliphatic rings. The Morgan fingerprint density at radius 3 is 3.19 bits per heavy atom. The molecule has 1 fully saturated rings. The summed E-state index contributed by atoms with van der Waals surface area (Å²) in [5.41, 5.74) is 0.457. The van der Waals surface area contributed by atoms with Gasteiger partial charge in [0.2, 0.25) is 0 Å². The van der Waals surface area contributed by atoms with E-state index in [1.165, 1.54) is 11.5 Å². The highest BCUT2D eigenvalue weighted by molar-refractivity contribution is 8.06. The number of carbonyl (C=O) groups excluding carboxylic acids is 1. The van der Waals surface area contributed by atoms with E-state index < -0.39 is 0 Å². The van der Waals surface area contributed by atoms with Crippen molar-refractivity contribution in [1.29, 1.82) is 0 Å². The molecule has 0 N–H and O–H groups in total. The van der Waals surface area contributed by atoms with Crippen LogP contribution < -0.4 is 0 Å². The zero-order valence-corrected chi connectivity index (χ0v) is 11.4. The van der Waals surface area contributed by atoms with Gasteiger partial charge in [0.15, 0.2) is 5.69 Å². The maximum absolute atomic E-state index is 11.5. The Morgan fingerprint density at radius 2 is 2.50 bits per heavy atom. The Bertz CT molecular complexity index is 361. The van der Waals surface area contributed by atoms with E-state index in [2.05, 4.69) is 4.98 Å². The first-order valence-electron chi connectivity index (χ1n) is 5.13. The van der Waals surface area contributed by atoms with Gasteiger partial charge in [-0.2, -0.15) is 11.8 Å². The fourth-order valence-corrected chi connectivity index (χ4v) is 5.16. The van der Waals surface area contributed by atoms with Crippen molar-refractivity contribution >= 4 is 40.8 Å². The first-order valence-corrected chi connectivity index (χ1v) is 8.21. The Hall–Kier alpha value is -0.200. The maximum atomic E-state index is 11.5. The summed E-state index contributed by atoms with van der Waals surface area (Å²) in [5.74, 6) is 3.18. The van der Waals surface area contributed by atoms with Crippen molar-refractivity contribution < 1.29 is 9.53 Å². The highest BCUT2D eigenvalue weighted by Gasteiger charge is 2.21. The first-order chi connectivity index (χ1) is 7.81. The molecule has 88 valence electrons. The standard InChI is InChI=1S/C10H13NO2S3/c1-2-13-10(12)7-5-16-9(11-7)8-6-14-3-4-15-8/h5,8H,2-4,6H2,1H3. The lowest BCUT2D eigenvalue weighted by Crippen LogP contribution is -2.08. The van der Waals surface area contributed by atoms with Crippen LogP contribution in [-0.4, -0.2) is 34.8 Å². The molecule has 2 heterocycles. The van der Waals surface area contributed by atoms with Gasteiger partial charge in [0.1, 0.15) is 5.01 Å². The molecule has 0 bridgehead atoms. The van der Waals surface area contributed by atoms with Gasteiger partial charge in [0, 0.05) is 22.6 Å². The van der Waals surface area contributed by atoms with Crippen LogP contribution in [-0.2, 0) is 4.74 Å². The molecule has 0 saturated carbocycles. The van der Waals surface area contributed by atoms with Gasteiger partial charge in [-0.1, -0.05) is 0 Å². The summed E-state index contributed by atoms with van der Waals surface area (Å²) in [6.07, 6.45) is 0. The third kappa shape index (κ3) is 2.93. The number of aromatic nitrogens is 1. The van der Waals surface area contributed by atoms with Crippen LogP contribution in [0.2, 0.25) is 0 Å². The SMILES string of the molecule is CCOC(=O)c1csc(C2CSCCS2)n1. The van der Waals surface area contributed by atoms with Crippen LogP contribution in [0.1, 0.15) is 27.7 Å². The van der Waals surface area contributed by atoms with Gasteiger partial charge >= 0.3 is 5.97 Å². The van der Waals surface area contributed by atoms with Crippen molar-refractivity contribution in [3.05, 3.63) is 16.1 Å². The summed E-state index contributed by atoms with van der Waals surface area (Å²) in [7, 11) is 0. The number of carbonyl (C=O) groups is 1. The second kappa shape index (κ2) is 5.93. The molecule has 1 atom stereocenters. The summed E-state index contributed by atoms with van der Waals surface area (Å²) in [6.45, 7) is 2.21. The molecule has 0 amide bonds. The monoisotopic (exact) mass is 275 g/mol. The molecule has 0 radical (unpaired) electrons. The Balaban J connectivity index is 2.03. The van der Waals surface area contributed by atoms with Crippen LogP contribution in [0.4, 0.5) is 0 Å². The number of ether oxygens (including phenoxy) is 1. The van der Waals surface area contributed by atoms with E-state index in [9.17, 15) is 4.79 Å². The van der Waals surface area contributed by atoms with Gasteiger partial charge in [-0.05, 0) is 6.92 Å². The minimum atomic E-state index is -0.307. The minimum Gasteiger partial charge on any atom is -0.461 e. The molecular formula is C10H13NO2S3. The zero-order valence-electron chi connectivity index (χ0n) is 8.97. The van der Waals surface area contributed by atoms with Crippen molar-refractivity contribution in [2.45, 2.75) is 12.2 Å². The van der Waals surface area contributed by atoms with Gasteiger partial charge in [-0.15, -0.1) is 23.1 Å². The van der Waals surface area contributed by atoms with Crippen LogP contribution in [0.15, 0.2) is 5.38 Å². The lowest BCUT2D eigenvalue weighted by molar-refractivity contribution is 0.0520. The van der Waals surface area contributed by atoms with E-state index in [4.69, 9.17) is 4.74 Å². The van der Waals surface area contributed by atoms with E-state index >= 15 is 0 Å². The third-order valence-corrected chi connectivity index (χ3v) is 5.97. The van der Waals surface area contributed by atoms with Gasteiger partial charge in [-0.25, -0.2) is 9.78 Å². The van der Waals surface area contributed by atoms with Crippen LogP contribution >= 0.6 is 34.9 Å². The second-order valence-electron chi connectivity index (χ2n) is 3.23.